The van der Waals surface area contributed by atoms with Gasteiger partial charge in [-0.05, 0) is 19.1 Å². The molecule has 132 valence electrons. The highest BCUT2D eigenvalue weighted by Gasteiger charge is 2.44. The number of sulfonamides is 1. The number of methoxy groups -OCH3 is 1. The lowest BCUT2D eigenvalue weighted by molar-refractivity contribution is 0.114. The SMILES string of the molecule is CO[C@H]1C[C@H](c2nc(C)no2)N(S(=O)(=O)c2c[nH]c3ncccc23)C1. The van der Waals surface area contributed by atoms with E-state index in [4.69, 9.17) is 9.26 Å². The van der Waals surface area contributed by atoms with Gasteiger partial charge in [-0.25, -0.2) is 13.4 Å². The smallest absolute Gasteiger partial charge is 0.246 e. The molecule has 0 aromatic carbocycles. The van der Waals surface area contributed by atoms with Crippen molar-refractivity contribution in [3.63, 3.8) is 0 Å². The van der Waals surface area contributed by atoms with Crippen molar-refractivity contribution in [2.75, 3.05) is 13.7 Å². The van der Waals surface area contributed by atoms with E-state index in [1.807, 2.05) is 0 Å². The molecule has 1 fully saturated rings. The monoisotopic (exact) mass is 363 g/mol. The van der Waals surface area contributed by atoms with E-state index in [1.54, 1.807) is 32.4 Å². The minimum Gasteiger partial charge on any atom is -0.380 e. The maximum absolute atomic E-state index is 13.3. The zero-order valence-electron chi connectivity index (χ0n) is 13.7. The Morgan fingerprint density at radius 1 is 1.44 bits per heavy atom. The molecule has 0 unspecified atom stereocenters. The van der Waals surface area contributed by atoms with Crippen molar-refractivity contribution >= 4 is 21.1 Å². The Morgan fingerprint density at radius 2 is 2.28 bits per heavy atom. The molecule has 4 rings (SSSR count). The fourth-order valence-corrected chi connectivity index (χ4v) is 4.93. The van der Waals surface area contributed by atoms with Crippen LogP contribution in [0.4, 0.5) is 0 Å². The van der Waals surface area contributed by atoms with Crippen LogP contribution in [-0.2, 0) is 14.8 Å². The van der Waals surface area contributed by atoms with E-state index in [9.17, 15) is 8.42 Å². The van der Waals surface area contributed by atoms with Gasteiger partial charge in [0.2, 0.25) is 15.9 Å². The van der Waals surface area contributed by atoms with Gasteiger partial charge in [-0.15, -0.1) is 0 Å². The van der Waals surface area contributed by atoms with Gasteiger partial charge in [0, 0.05) is 37.9 Å². The first kappa shape index (κ1) is 16.2. The molecule has 1 aliphatic rings. The lowest BCUT2D eigenvalue weighted by atomic mass is 10.2. The third-order valence-corrected chi connectivity index (χ3v) is 6.29. The first-order valence-electron chi connectivity index (χ1n) is 7.77. The van der Waals surface area contributed by atoms with Gasteiger partial charge in [-0.3, -0.25) is 0 Å². The Bertz CT molecular complexity index is 1010. The number of nitrogens with zero attached hydrogens (tertiary/aromatic N) is 4. The topological polar surface area (TPSA) is 114 Å². The Labute approximate surface area is 144 Å². The molecule has 1 saturated heterocycles. The van der Waals surface area contributed by atoms with Crippen molar-refractivity contribution in [2.45, 2.75) is 30.4 Å². The van der Waals surface area contributed by atoms with Crippen molar-refractivity contribution in [1.82, 2.24) is 24.4 Å². The van der Waals surface area contributed by atoms with Crippen LogP contribution in [0.3, 0.4) is 0 Å². The quantitative estimate of drug-likeness (QED) is 0.745. The molecule has 0 bridgehead atoms. The Balaban J connectivity index is 1.79. The molecule has 0 spiro atoms. The summed E-state index contributed by atoms with van der Waals surface area (Å²) in [4.78, 5) is 11.4. The summed E-state index contributed by atoms with van der Waals surface area (Å²) < 4.78 is 38.6. The third-order valence-electron chi connectivity index (χ3n) is 4.38. The number of pyridine rings is 1. The van der Waals surface area contributed by atoms with Crippen molar-refractivity contribution < 1.29 is 17.7 Å². The summed E-state index contributed by atoms with van der Waals surface area (Å²) in [6, 6.07) is 2.87. The van der Waals surface area contributed by atoms with Crippen LogP contribution in [0.2, 0.25) is 0 Å². The summed E-state index contributed by atoms with van der Waals surface area (Å²) in [6.07, 6.45) is 3.28. The van der Waals surface area contributed by atoms with E-state index < -0.39 is 16.1 Å². The normalized spacial score (nSPS) is 22.0. The van der Waals surface area contributed by atoms with E-state index in [-0.39, 0.29) is 23.4 Å². The van der Waals surface area contributed by atoms with Crippen molar-refractivity contribution in [1.29, 1.82) is 0 Å². The molecule has 0 saturated carbocycles. The maximum Gasteiger partial charge on any atom is 0.246 e. The number of fused-ring (bicyclic) bond motifs is 1. The average Bonchev–Trinajstić information content (AvgIpc) is 3.31. The van der Waals surface area contributed by atoms with Gasteiger partial charge in [-0.1, -0.05) is 5.16 Å². The highest BCUT2D eigenvalue weighted by Crippen LogP contribution is 2.38. The number of aromatic nitrogens is 4. The Kier molecular flexibility index (Phi) is 3.82. The van der Waals surface area contributed by atoms with E-state index in [1.165, 1.54) is 10.5 Å². The molecule has 9 nitrogen and oxygen atoms in total. The molecule has 25 heavy (non-hydrogen) atoms. The zero-order chi connectivity index (χ0) is 17.6. The molecule has 0 amide bonds. The van der Waals surface area contributed by atoms with Gasteiger partial charge in [0.15, 0.2) is 5.82 Å². The number of aromatic amines is 1. The summed E-state index contributed by atoms with van der Waals surface area (Å²) in [5.41, 5.74) is 0.522. The summed E-state index contributed by atoms with van der Waals surface area (Å²) in [7, 11) is -2.24. The number of hydrogen-bond donors (Lipinski definition) is 1. The number of H-pyrrole nitrogens is 1. The molecule has 3 aromatic rings. The fourth-order valence-electron chi connectivity index (χ4n) is 3.15. The highest BCUT2D eigenvalue weighted by molar-refractivity contribution is 7.89. The molecule has 1 N–H and O–H groups in total. The zero-order valence-corrected chi connectivity index (χ0v) is 14.5. The van der Waals surface area contributed by atoms with Crippen LogP contribution in [0.1, 0.15) is 24.2 Å². The van der Waals surface area contributed by atoms with E-state index in [2.05, 4.69) is 20.1 Å². The minimum absolute atomic E-state index is 0.175. The van der Waals surface area contributed by atoms with Gasteiger partial charge in [0.05, 0.1) is 6.10 Å². The molecular formula is C15H17N5O4S. The summed E-state index contributed by atoms with van der Waals surface area (Å²) in [6.45, 7) is 1.91. The second-order valence-corrected chi connectivity index (χ2v) is 7.78. The number of hydrogen-bond acceptors (Lipinski definition) is 7. The van der Waals surface area contributed by atoms with Crippen LogP contribution in [0.5, 0.6) is 0 Å². The van der Waals surface area contributed by atoms with Crippen LogP contribution in [-0.4, -0.2) is 52.6 Å². The predicted molar refractivity (Wildman–Crippen MR) is 87.2 cm³/mol. The van der Waals surface area contributed by atoms with Gasteiger partial charge in [-0.2, -0.15) is 9.29 Å². The Hall–Kier alpha value is -2.30. The highest BCUT2D eigenvalue weighted by atomic mass is 32.2. The fraction of sp³-hybridized carbons (Fsp3) is 0.400. The number of ether oxygens (including phenoxy) is 1. The average molecular weight is 363 g/mol. The molecule has 0 radical (unpaired) electrons. The van der Waals surface area contributed by atoms with Crippen LogP contribution in [0, 0.1) is 6.92 Å². The van der Waals surface area contributed by atoms with Crippen LogP contribution >= 0.6 is 0 Å². The molecule has 2 atom stereocenters. The Morgan fingerprint density at radius 3 is 3.00 bits per heavy atom. The standard InChI is InChI=1S/C15H17N5O4S/c1-9-18-15(24-19-9)12-6-10(23-2)8-20(12)25(21,22)13-7-17-14-11(13)4-3-5-16-14/h3-5,7,10,12H,6,8H2,1-2H3,(H,16,17)/t10-,12+/m0/s1. The second kappa shape index (κ2) is 5.90. The summed E-state index contributed by atoms with van der Waals surface area (Å²) in [5.74, 6) is 0.739. The molecule has 0 aliphatic carbocycles. The number of aryl methyl sites for hydroxylation is 1. The minimum atomic E-state index is -3.80. The van der Waals surface area contributed by atoms with E-state index in [0.717, 1.165) is 0 Å². The van der Waals surface area contributed by atoms with Crippen molar-refractivity contribution in [3.05, 3.63) is 36.2 Å². The predicted octanol–water partition coefficient (Wildman–Crippen LogP) is 1.41. The second-order valence-electron chi connectivity index (χ2n) is 5.92. The summed E-state index contributed by atoms with van der Waals surface area (Å²) in [5, 5.41) is 4.32. The molecule has 4 heterocycles. The van der Waals surface area contributed by atoms with Gasteiger partial charge >= 0.3 is 0 Å². The van der Waals surface area contributed by atoms with Gasteiger partial charge < -0.3 is 14.2 Å². The third kappa shape index (κ3) is 2.62. The van der Waals surface area contributed by atoms with E-state index >= 15 is 0 Å². The maximum atomic E-state index is 13.3. The van der Waals surface area contributed by atoms with Crippen molar-refractivity contribution in [3.8, 4) is 0 Å². The van der Waals surface area contributed by atoms with Gasteiger partial charge in [0.25, 0.3) is 0 Å². The number of nitrogens with one attached hydrogen (secondary N) is 1. The first-order chi connectivity index (χ1) is 12.0. The lowest BCUT2D eigenvalue weighted by Crippen LogP contribution is -2.32. The summed E-state index contributed by atoms with van der Waals surface area (Å²) >= 11 is 0. The lowest BCUT2D eigenvalue weighted by Gasteiger charge is -2.20. The first-order valence-corrected chi connectivity index (χ1v) is 9.21. The van der Waals surface area contributed by atoms with E-state index in [0.29, 0.717) is 23.3 Å². The molecule has 3 aromatic heterocycles. The van der Waals surface area contributed by atoms with Crippen LogP contribution in [0.25, 0.3) is 11.0 Å². The largest absolute Gasteiger partial charge is 0.380 e. The molecular weight excluding hydrogens is 346 g/mol. The van der Waals surface area contributed by atoms with Crippen molar-refractivity contribution in [2.24, 2.45) is 0 Å². The number of rotatable bonds is 4. The molecule has 1 aliphatic heterocycles. The van der Waals surface area contributed by atoms with Crippen LogP contribution < -0.4 is 0 Å². The van der Waals surface area contributed by atoms with Gasteiger partial charge in [0.1, 0.15) is 16.6 Å². The molecule has 10 heteroatoms. The van der Waals surface area contributed by atoms with Crippen LogP contribution in [0.15, 0.2) is 33.9 Å².